The van der Waals surface area contributed by atoms with Gasteiger partial charge in [0, 0.05) is 19.4 Å². The number of fused-ring (bicyclic) bond motifs is 1. The smallest absolute Gasteiger partial charge is 0.308 e. The van der Waals surface area contributed by atoms with Crippen molar-refractivity contribution in [2.75, 3.05) is 5.32 Å². The van der Waals surface area contributed by atoms with Gasteiger partial charge >= 0.3 is 5.97 Å². The first-order valence-electron chi connectivity index (χ1n) is 6.99. The summed E-state index contributed by atoms with van der Waals surface area (Å²) in [6.45, 7) is 2.77. The fraction of sp³-hybridized carbons (Fsp3) is 0.118. The number of amides is 1. The van der Waals surface area contributed by atoms with Crippen LogP contribution in [0.15, 0.2) is 42.5 Å². The molecule has 116 valence electrons. The van der Waals surface area contributed by atoms with Crippen molar-refractivity contribution in [3.63, 3.8) is 0 Å². The highest BCUT2D eigenvalue weighted by molar-refractivity contribution is 7.23. The first kappa shape index (κ1) is 15.2. The van der Waals surface area contributed by atoms with Gasteiger partial charge in [-0.3, -0.25) is 9.59 Å². The minimum absolute atomic E-state index is 0.195. The lowest BCUT2D eigenvalue weighted by atomic mass is 10.1. The Morgan fingerprint density at radius 3 is 2.48 bits per heavy atom. The van der Waals surface area contributed by atoms with Gasteiger partial charge in [-0.25, -0.2) is 4.98 Å². The maximum absolute atomic E-state index is 11.3. The van der Waals surface area contributed by atoms with E-state index in [-0.39, 0.29) is 5.91 Å². The van der Waals surface area contributed by atoms with Gasteiger partial charge in [0.15, 0.2) is 10.9 Å². The van der Waals surface area contributed by atoms with Crippen LogP contribution >= 0.6 is 11.3 Å². The molecule has 0 fully saturated rings. The van der Waals surface area contributed by atoms with Gasteiger partial charge in [0.1, 0.15) is 5.52 Å². The Morgan fingerprint density at radius 2 is 1.83 bits per heavy atom. The summed E-state index contributed by atoms with van der Waals surface area (Å²) in [5.74, 6) is -0.216. The molecule has 0 aliphatic heterocycles. The zero-order valence-electron chi connectivity index (χ0n) is 12.6. The van der Waals surface area contributed by atoms with Gasteiger partial charge in [-0.1, -0.05) is 41.7 Å². The largest absolute Gasteiger partial charge is 0.424 e. The van der Waals surface area contributed by atoms with E-state index >= 15 is 0 Å². The number of nitrogens with one attached hydrogen (secondary N) is 1. The van der Waals surface area contributed by atoms with E-state index in [1.54, 1.807) is 6.07 Å². The Morgan fingerprint density at radius 1 is 1.09 bits per heavy atom. The molecular weight excluding hydrogens is 312 g/mol. The standard InChI is InChI=1S/C17H14N2O3S/c1-10(20)18-17-19-15-14(22-11(2)21)9-8-13(16(15)23-17)12-6-4-3-5-7-12/h3-9H,1-2H3,(H,18,19,20). The van der Waals surface area contributed by atoms with E-state index in [1.807, 2.05) is 36.4 Å². The number of esters is 1. The lowest BCUT2D eigenvalue weighted by Crippen LogP contribution is -2.05. The molecule has 5 nitrogen and oxygen atoms in total. The van der Waals surface area contributed by atoms with Gasteiger partial charge in [-0.05, 0) is 17.7 Å². The Kier molecular flexibility index (Phi) is 4.08. The molecule has 1 aromatic heterocycles. The Labute approximate surface area is 136 Å². The van der Waals surface area contributed by atoms with Crippen LogP contribution in [0.2, 0.25) is 0 Å². The van der Waals surface area contributed by atoms with E-state index in [4.69, 9.17) is 4.74 Å². The van der Waals surface area contributed by atoms with E-state index in [2.05, 4.69) is 10.3 Å². The summed E-state index contributed by atoms with van der Waals surface area (Å²) in [6.07, 6.45) is 0. The molecule has 0 bridgehead atoms. The Hall–Kier alpha value is -2.73. The van der Waals surface area contributed by atoms with Crippen LogP contribution in [0.5, 0.6) is 5.75 Å². The van der Waals surface area contributed by atoms with E-state index in [1.165, 1.54) is 25.2 Å². The zero-order valence-corrected chi connectivity index (χ0v) is 13.4. The fourth-order valence-electron chi connectivity index (χ4n) is 2.27. The molecule has 23 heavy (non-hydrogen) atoms. The monoisotopic (exact) mass is 326 g/mol. The highest BCUT2D eigenvalue weighted by atomic mass is 32.1. The SMILES string of the molecule is CC(=O)Nc1nc2c(OC(C)=O)ccc(-c3ccccc3)c2s1. The molecule has 0 aliphatic carbocycles. The molecule has 0 saturated carbocycles. The summed E-state index contributed by atoms with van der Waals surface area (Å²) < 4.78 is 6.09. The highest BCUT2D eigenvalue weighted by Crippen LogP contribution is 2.39. The van der Waals surface area contributed by atoms with E-state index in [0.717, 1.165) is 15.8 Å². The maximum atomic E-state index is 11.3. The molecule has 3 aromatic rings. The molecular formula is C17H14N2O3S. The van der Waals surface area contributed by atoms with Crippen LogP contribution in [-0.2, 0) is 9.59 Å². The van der Waals surface area contributed by atoms with Gasteiger partial charge in [0.05, 0.1) is 4.70 Å². The summed E-state index contributed by atoms with van der Waals surface area (Å²) in [5, 5.41) is 3.16. The van der Waals surface area contributed by atoms with E-state index in [9.17, 15) is 9.59 Å². The van der Waals surface area contributed by atoms with Gasteiger partial charge in [0.25, 0.3) is 0 Å². The van der Waals surface area contributed by atoms with Crippen LogP contribution in [0.1, 0.15) is 13.8 Å². The summed E-state index contributed by atoms with van der Waals surface area (Å²) in [5.41, 5.74) is 2.57. The lowest BCUT2D eigenvalue weighted by Gasteiger charge is -2.06. The molecule has 0 atom stereocenters. The van der Waals surface area contributed by atoms with Crippen LogP contribution in [0, 0.1) is 0 Å². The molecule has 0 aliphatic rings. The molecule has 2 aromatic carbocycles. The number of carbonyl (C=O) groups excluding carboxylic acids is 2. The highest BCUT2D eigenvalue weighted by Gasteiger charge is 2.16. The van der Waals surface area contributed by atoms with Crippen molar-refractivity contribution in [3.8, 4) is 16.9 Å². The topological polar surface area (TPSA) is 68.3 Å². The minimum atomic E-state index is -0.409. The van der Waals surface area contributed by atoms with Crippen molar-refractivity contribution in [3.05, 3.63) is 42.5 Å². The molecule has 6 heteroatoms. The van der Waals surface area contributed by atoms with Crippen molar-refractivity contribution >= 4 is 38.6 Å². The van der Waals surface area contributed by atoms with Crippen LogP contribution < -0.4 is 10.1 Å². The number of thiazole rings is 1. The zero-order chi connectivity index (χ0) is 16.4. The number of carbonyl (C=O) groups is 2. The minimum Gasteiger partial charge on any atom is -0.424 e. The predicted molar refractivity (Wildman–Crippen MR) is 90.7 cm³/mol. The van der Waals surface area contributed by atoms with Crippen molar-refractivity contribution in [2.24, 2.45) is 0 Å². The first-order chi connectivity index (χ1) is 11.0. The fourth-order valence-corrected chi connectivity index (χ4v) is 3.33. The molecule has 1 amide bonds. The second-order valence-electron chi connectivity index (χ2n) is 4.95. The third-order valence-electron chi connectivity index (χ3n) is 3.13. The van der Waals surface area contributed by atoms with E-state index in [0.29, 0.717) is 16.4 Å². The average molecular weight is 326 g/mol. The number of benzene rings is 2. The van der Waals surface area contributed by atoms with Gasteiger partial charge in [-0.15, -0.1) is 0 Å². The normalized spacial score (nSPS) is 10.5. The molecule has 1 N–H and O–H groups in total. The number of ether oxygens (including phenoxy) is 1. The van der Waals surface area contributed by atoms with Gasteiger partial charge in [0.2, 0.25) is 5.91 Å². The van der Waals surface area contributed by atoms with Gasteiger partial charge in [-0.2, -0.15) is 0 Å². The molecule has 1 heterocycles. The molecule has 0 unspecified atom stereocenters. The van der Waals surface area contributed by atoms with Crippen LogP contribution in [0.4, 0.5) is 5.13 Å². The third-order valence-corrected chi connectivity index (χ3v) is 4.13. The number of aromatic nitrogens is 1. The summed E-state index contributed by atoms with van der Waals surface area (Å²) in [6, 6.07) is 13.5. The molecule has 0 spiro atoms. The second kappa shape index (κ2) is 6.18. The summed E-state index contributed by atoms with van der Waals surface area (Å²) >= 11 is 1.35. The Balaban J connectivity index is 2.20. The van der Waals surface area contributed by atoms with Crippen LogP contribution in [0.25, 0.3) is 21.3 Å². The lowest BCUT2D eigenvalue weighted by molar-refractivity contribution is -0.131. The number of anilines is 1. The van der Waals surface area contributed by atoms with Crippen molar-refractivity contribution in [1.82, 2.24) is 4.98 Å². The quantitative estimate of drug-likeness (QED) is 0.586. The van der Waals surface area contributed by atoms with Gasteiger partial charge < -0.3 is 10.1 Å². The Bertz CT molecular complexity index is 887. The second-order valence-corrected chi connectivity index (χ2v) is 5.95. The molecule has 0 radical (unpaired) electrons. The van der Waals surface area contributed by atoms with Crippen molar-refractivity contribution < 1.29 is 14.3 Å². The molecule has 0 saturated heterocycles. The molecule has 3 rings (SSSR count). The number of hydrogen-bond donors (Lipinski definition) is 1. The maximum Gasteiger partial charge on any atom is 0.308 e. The number of hydrogen-bond acceptors (Lipinski definition) is 5. The van der Waals surface area contributed by atoms with Crippen molar-refractivity contribution in [1.29, 1.82) is 0 Å². The predicted octanol–water partition coefficient (Wildman–Crippen LogP) is 3.85. The first-order valence-corrected chi connectivity index (χ1v) is 7.81. The summed E-state index contributed by atoms with van der Waals surface area (Å²) in [4.78, 5) is 27.0. The average Bonchev–Trinajstić information content (AvgIpc) is 2.91. The number of nitrogens with zero attached hydrogens (tertiary/aromatic N) is 1. The van der Waals surface area contributed by atoms with Crippen LogP contribution in [0.3, 0.4) is 0 Å². The van der Waals surface area contributed by atoms with E-state index < -0.39 is 5.97 Å². The third kappa shape index (κ3) is 3.22. The van der Waals surface area contributed by atoms with Crippen LogP contribution in [-0.4, -0.2) is 16.9 Å². The summed E-state index contributed by atoms with van der Waals surface area (Å²) in [7, 11) is 0. The number of rotatable bonds is 3. The van der Waals surface area contributed by atoms with Crippen molar-refractivity contribution in [2.45, 2.75) is 13.8 Å².